The molecule has 77 heavy (non-hydrogen) atoms. The van der Waals surface area contributed by atoms with Crippen molar-refractivity contribution in [2.75, 3.05) is 0 Å². The van der Waals surface area contributed by atoms with Crippen LogP contribution in [0.2, 0.25) is 6.55 Å². The quantitative estimate of drug-likeness (QED) is 0.155. The number of fused-ring (bicyclic) bond motifs is 17. The van der Waals surface area contributed by atoms with Crippen LogP contribution in [0.3, 0.4) is 0 Å². The Morgan fingerprint density at radius 2 is 1.17 bits per heavy atom. The largest absolute Gasteiger partial charge is 0.0952 e. The summed E-state index contributed by atoms with van der Waals surface area (Å²) in [7, 11) is -1.74. The van der Waals surface area contributed by atoms with Crippen LogP contribution in [-0.4, -0.2) is 8.80 Å². The average molecular weight is 1010 g/mol. The molecule has 0 nitrogen and oxygen atoms in total. The van der Waals surface area contributed by atoms with Crippen LogP contribution in [0.5, 0.6) is 0 Å². The highest BCUT2D eigenvalue weighted by Crippen LogP contribution is 2.64. The van der Waals surface area contributed by atoms with Crippen LogP contribution in [0, 0.1) is 11.8 Å². The monoisotopic (exact) mass is 1000 g/mol. The van der Waals surface area contributed by atoms with Gasteiger partial charge in [0, 0.05) is 22.7 Å². The van der Waals surface area contributed by atoms with Crippen molar-refractivity contribution < 1.29 is 0 Å². The Labute approximate surface area is 457 Å². The number of allylic oxidation sites excluding steroid dienone is 22. The summed E-state index contributed by atoms with van der Waals surface area (Å²) in [5, 5.41) is 1.60. The number of rotatable bonds is 3. The van der Waals surface area contributed by atoms with E-state index >= 15 is 0 Å². The Morgan fingerprint density at radius 3 is 2.00 bits per heavy atom. The van der Waals surface area contributed by atoms with Gasteiger partial charge in [0.05, 0.1) is 14.2 Å². The first-order valence-corrected chi connectivity index (χ1v) is 31.1. The Morgan fingerprint density at radius 1 is 0.532 bits per heavy atom. The van der Waals surface area contributed by atoms with E-state index in [1.54, 1.807) is 16.3 Å². The molecule has 6 aromatic carbocycles. The molecule has 6 aromatic rings. The molecular weight excluding hydrogens is 941 g/mol. The third-order valence-corrected chi connectivity index (χ3v) is 22.9. The Kier molecular flexibility index (Phi) is 9.61. The SMILES string of the molecule is C=C1/C=C\C(c2ccc3c(c2)C2(C4=C(C=CCC4)c4ccccc42)c2ccccc2-3)=C/[SiH](C)C2=CC3=C(c4ccc5c(c4)C(C)(C)c4ccccc4-5)C4=CC=CCC4C(c4ccc5c(c4)C(C)(C)C4=C5CCC=C4)=C3CC12. The van der Waals surface area contributed by atoms with E-state index in [4.69, 9.17) is 6.58 Å². The van der Waals surface area contributed by atoms with Crippen LogP contribution in [0.4, 0.5) is 0 Å². The van der Waals surface area contributed by atoms with Crippen LogP contribution in [0.1, 0.15) is 127 Å². The summed E-state index contributed by atoms with van der Waals surface area (Å²) < 4.78 is 0. The third-order valence-electron chi connectivity index (χ3n) is 20.4. The van der Waals surface area contributed by atoms with E-state index in [1.807, 2.05) is 0 Å². The maximum absolute atomic E-state index is 5.03. The molecule has 0 saturated carbocycles. The molecule has 1 spiro atoms. The molecular formula is C76H64Si. The minimum absolute atomic E-state index is 0.0387. The van der Waals surface area contributed by atoms with E-state index < -0.39 is 8.80 Å². The van der Waals surface area contributed by atoms with Gasteiger partial charge in [-0.1, -0.05) is 222 Å². The van der Waals surface area contributed by atoms with Gasteiger partial charge in [-0.05, 0) is 201 Å². The second kappa shape index (κ2) is 16.2. The lowest BCUT2D eigenvalue weighted by molar-refractivity contribution is 0.650. The summed E-state index contributed by atoms with van der Waals surface area (Å²) in [4.78, 5) is 0. The highest BCUT2D eigenvalue weighted by Gasteiger charge is 2.53. The van der Waals surface area contributed by atoms with E-state index in [2.05, 4.69) is 228 Å². The molecule has 0 radical (unpaired) electrons. The average Bonchev–Trinajstić information content (AvgIpc) is 4.16. The zero-order chi connectivity index (χ0) is 51.7. The molecule has 4 unspecified atom stereocenters. The second-order valence-electron chi connectivity index (χ2n) is 24.8. The van der Waals surface area contributed by atoms with E-state index in [1.165, 1.54) is 134 Å². The maximum Gasteiger partial charge on any atom is 0.0875 e. The molecule has 0 saturated heterocycles. The van der Waals surface area contributed by atoms with Crippen molar-refractivity contribution in [1.82, 2.24) is 0 Å². The van der Waals surface area contributed by atoms with Crippen molar-refractivity contribution in [1.29, 1.82) is 0 Å². The molecule has 10 aliphatic rings. The molecule has 0 fully saturated rings. The van der Waals surface area contributed by atoms with Crippen molar-refractivity contribution in [3.05, 3.63) is 300 Å². The van der Waals surface area contributed by atoms with Gasteiger partial charge >= 0.3 is 0 Å². The summed E-state index contributed by atoms with van der Waals surface area (Å²) in [6, 6.07) is 50.3. The van der Waals surface area contributed by atoms with Crippen LogP contribution in [-0.2, 0) is 16.2 Å². The van der Waals surface area contributed by atoms with Gasteiger partial charge in [-0.3, -0.25) is 0 Å². The summed E-state index contributed by atoms with van der Waals surface area (Å²) in [6.07, 6.45) is 30.8. The van der Waals surface area contributed by atoms with Crippen molar-refractivity contribution in [2.45, 2.75) is 89.0 Å². The van der Waals surface area contributed by atoms with Crippen LogP contribution in [0.25, 0.3) is 50.1 Å². The van der Waals surface area contributed by atoms with E-state index in [9.17, 15) is 0 Å². The topological polar surface area (TPSA) is 0 Å². The van der Waals surface area contributed by atoms with Crippen molar-refractivity contribution in [3.63, 3.8) is 0 Å². The molecule has 1 heterocycles. The maximum atomic E-state index is 5.03. The number of benzene rings is 6. The molecule has 1 heteroatoms. The fourth-order valence-corrected chi connectivity index (χ4v) is 19.3. The first kappa shape index (κ1) is 45.6. The molecule has 0 aromatic heterocycles. The minimum Gasteiger partial charge on any atom is -0.0952 e. The third kappa shape index (κ3) is 6.10. The standard InChI is InChI=1S/C76H64Si/c1-45-31-32-49(46-33-36-57-54-23-13-18-30-67(54)76(70(57)39-46)65-28-16-11-21-52(65)53-22-12-17-29-66(53)76)44-77(6)71-43-62-61(42-60(45)71)72(47-34-37-55-50-19-9-14-26-63(50)74(2,3)68(55)40-47)58-24-7-8-25-59(58)73(62)48-35-38-56-51-20-10-15-27-64(51)75(4,5)69(56)41-48/h7-8,10-16,18,20-23,25-28,30-41,43-44,58,60,77H,1,9,17,19,24,29,42H2,2-6H3/b32-31-,49-44+. The Hall–Kier alpha value is -7.58. The van der Waals surface area contributed by atoms with Gasteiger partial charge in [0.1, 0.15) is 0 Å². The highest BCUT2D eigenvalue weighted by molar-refractivity contribution is 6.72. The molecule has 1 aliphatic heterocycles. The smallest absolute Gasteiger partial charge is 0.0875 e. The van der Waals surface area contributed by atoms with E-state index in [0.717, 1.165) is 38.5 Å². The van der Waals surface area contributed by atoms with Gasteiger partial charge in [-0.25, -0.2) is 0 Å². The summed E-state index contributed by atoms with van der Waals surface area (Å²) >= 11 is 0. The lowest BCUT2D eigenvalue weighted by atomic mass is 9.65. The van der Waals surface area contributed by atoms with Crippen molar-refractivity contribution in [3.8, 4) is 22.3 Å². The van der Waals surface area contributed by atoms with Crippen molar-refractivity contribution >= 4 is 36.7 Å². The van der Waals surface area contributed by atoms with Crippen LogP contribution >= 0.6 is 0 Å². The van der Waals surface area contributed by atoms with Gasteiger partial charge in [0.2, 0.25) is 0 Å². The Bertz CT molecular complexity index is 4120. The summed E-state index contributed by atoms with van der Waals surface area (Å²) in [5.41, 5.74) is 39.4. The second-order valence-corrected chi connectivity index (χ2v) is 27.4. The fourth-order valence-electron chi connectivity index (χ4n) is 16.8. The molecule has 0 amide bonds. The lowest BCUT2D eigenvalue weighted by Crippen LogP contribution is -2.28. The van der Waals surface area contributed by atoms with Gasteiger partial charge in [-0.15, -0.1) is 0 Å². The molecule has 0 bridgehead atoms. The van der Waals surface area contributed by atoms with E-state index in [0.29, 0.717) is 0 Å². The summed E-state index contributed by atoms with van der Waals surface area (Å²) in [5.74, 6) is 0.490. The van der Waals surface area contributed by atoms with Gasteiger partial charge in [0.25, 0.3) is 0 Å². The van der Waals surface area contributed by atoms with E-state index in [-0.39, 0.29) is 28.1 Å². The van der Waals surface area contributed by atoms with Gasteiger partial charge < -0.3 is 0 Å². The fraction of sp³-hybridized carbons (Fsp3) is 0.211. The van der Waals surface area contributed by atoms with Crippen molar-refractivity contribution in [2.24, 2.45) is 11.8 Å². The normalized spacial score (nSPS) is 26.0. The number of hydrogen-bond acceptors (Lipinski definition) is 0. The zero-order valence-corrected chi connectivity index (χ0v) is 46.3. The van der Waals surface area contributed by atoms with Gasteiger partial charge in [0.15, 0.2) is 0 Å². The molecule has 16 rings (SSSR count). The molecule has 4 atom stereocenters. The minimum atomic E-state index is -1.74. The molecule has 372 valence electrons. The number of hydrogen-bond donors (Lipinski definition) is 0. The lowest BCUT2D eigenvalue weighted by Gasteiger charge is -2.41. The Balaban J connectivity index is 0.886. The molecule has 0 N–H and O–H groups in total. The zero-order valence-electron chi connectivity index (χ0n) is 45.2. The first-order valence-electron chi connectivity index (χ1n) is 28.7. The van der Waals surface area contributed by atoms with Crippen LogP contribution < -0.4 is 0 Å². The highest BCUT2D eigenvalue weighted by atomic mass is 28.3. The predicted octanol–water partition coefficient (Wildman–Crippen LogP) is 18.6. The molecule has 9 aliphatic carbocycles. The predicted molar refractivity (Wildman–Crippen MR) is 327 cm³/mol. The van der Waals surface area contributed by atoms with Crippen LogP contribution in [0.15, 0.2) is 239 Å². The van der Waals surface area contributed by atoms with Gasteiger partial charge in [-0.2, -0.15) is 0 Å². The first-order chi connectivity index (χ1) is 37.5. The summed E-state index contributed by atoms with van der Waals surface area (Å²) in [6.45, 7) is 17.4.